The maximum Gasteiger partial charge on any atom is -0.0201 e. The van der Waals surface area contributed by atoms with Gasteiger partial charge in [-0.15, -0.1) is 0 Å². The molecule has 0 aliphatic rings. The van der Waals surface area contributed by atoms with Crippen molar-refractivity contribution in [2.75, 3.05) is 0 Å². The van der Waals surface area contributed by atoms with Gasteiger partial charge >= 0.3 is 0 Å². The van der Waals surface area contributed by atoms with Crippen LogP contribution in [0, 0.1) is 6.92 Å². The molecule has 112 valence electrons. The summed E-state index contributed by atoms with van der Waals surface area (Å²) in [7, 11) is 0. The first-order valence-corrected chi connectivity index (χ1v) is 8.46. The largest absolute Gasteiger partial charge is 0.0952 e. The molecule has 0 saturated carbocycles. The van der Waals surface area contributed by atoms with Crippen molar-refractivity contribution in [3.63, 3.8) is 0 Å². The van der Waals surface area contributed by atoms with Gasteiger partial charge in [-0.2, -0.15) is 0 Å². The van der Waals surface area contributed by atoms with Crippen molar-refractivity contribution in [2.24, 2.45) is 0 Å². The second-order valence-electron chi connectivity index (χ2n) is 6.02. The molecule has 0 fully saturated rings. The maximum atomic E-state index is 4.21. The van der Waals surface area contributed by atoms with Crippen LogP contribution in [-0.4, -0.2) is 0 Å². The van der Waals surface area contributed by atoms with Crippen molar-refractivity contribution in [1.29, 1.82) is 0 Å². The number of benzene rings is 1. The third-order valence-electron chi connectivity index (χ3n) is 4.04. The second-order valence-corrected chi connectivity index (χ2v) is 6.02. The van der Waals surface area contributed by atoms with Gasteiger partial charge in [0.15, 0.2) is 0 Å². The van der Waals surface area contributed by atoms with Crippen LogP contribution >= 0.6 is 0 Å². The van der Waals surface area contributed by atoms with E-state index in [4.69, 9.17) is 0 Å². The topological polar surface area (TPSA) is 0 Å². The molecule has 1 aromatic rings. The Morgan fingerprint density at radius 3 is 2.30 bits per heavy atom. The van der Waals surface area contributed by atoms with Gasteiger partial charge in [0.1, 0.15) is 0 Å². The summed E-state index contributed by atoms with van der Waals surface area (Å²) in [6.45, 7) is 10.9. The quantitative estimate of drug-likeness (QED) is 0.415. The molecule has 0 heterocycles. The van der Waals surface area contributed by atoms with Gasteiger partial charge in [0.2, 0.25) is 0 Å². The van der Waals surface area contributed by atoms with Crippen LogP contribution in [0.2, 0.25) is 0 Å². The maximum absolute atomic E-state index is 4.21. The predicted octanol–water partition coefficient (Wildman–Crippen LogP) is 6.71. The molecule has 0 aromatic heterocycles. The molecule has 0 aliphatic heterocycles. The molecule has 0 nitrogen and oxygen atoms in total. The molecule has 0 spiro atoms. The van der Waals surface area contributed by atoms with E-state index in [2.05, 4.69) is 45.5 Å². The minimum absolute atomic E-state index is 1.11. The number of hydrogen-bond donors (Lipinski definition) is 0. The lowest BCUT2D eigenvalue weighted by atomic mass is 9.95. The number of unbranched alkanes of at least 4 members (excludes halogenated alkanes) is 5. The molecule has 0 heteroatoms. The van der Waals surface area contributed by atoms with Crippen LogP contribution in [0.15, 0.2) is 24.8 Å². The van der Waals surface area contributed by atoms with Crippen molar-refractivity contribution in [2.45, 2.75) is 78.6 Å². The molecule has 0 bridgehead atoms. The van der Waals surface area contributed by atoms with Crippen molar-refractivity contribution >= 4 is 5.57 Å². The van der Waals surface area contributed by atoms with Crippen molar-refractivity contribution in [3.8, 4) is 0 Å². The van der Waals surface area contributed by atoms with Crippen LogP contribution in [0.1, 0.15) is 81.9 Å². The fourth-order valence-corrected chi connectivity index (χ4v) is 2.82. The zero-order chi connectivity index (χ0) is 14.8. The highest BCUT2D eigenvalue weighted by atomic mass is 14.1. The van der Waals surface area contributed by atoms with Crippen LogP contribution in [0.4, 0.5) is 0 Å². The Labute approximate surface area is 126 Å². The van der Waals surface area contributed by atoms with Gasteiger partial charge < -0.3 is 0 Å². The Balaban J connectivity index is 2.41. The highest BCUT2D eigenvalue weighted by molar-refractivity contribution is 5.66. The van der Waals surface area contributed by atoms with Gasteiger partial charge in [0.05, 0.1) is 0 Å². The van der Waals surface area contributed by atoms with Gasteiger partial charge in [-0.25, -0.2) is 0 Å². The van der Waals surface area contributed by atoms with E-state index >= 15 is 0 Å². The normalized spacial score (nSPS) is 10.8. The van der Waals surface area contributed by atoms with Crippen molar-refractivity contribution < 1.29 is 0 Å². The zero-order valence-electron chi connectivity index (χ0n) is 13.8. The fraction of sp³-hybridized carbons (Fsp3) is 0.600. The van der Waals surface area contributed by atoms with E-state index in [1.165, 1.54) is 73.6 Å². The zero-order valence-corrected chi connectivity index (χ0v) is 13.8. The molecular weight excluding hydrogens is 240 g/mol. The number of rotatable bonds is 10. The summed E-state index contributed by atoms with van der Waals surface area (Å²) in [4.78, 5) is 0. The second kappa shape index (κ2) is 9.80. The van der Waals surface area contributed by atoms with E-state index in [-0.39, 0.29) is 0 Å². The van der Waals surface area contributed by atoms with Gasteiger partial charge in [0, 0.05) is 0 Å². The SMILES string of the molecule is C=C(CCC)c1ccc(CCCCCCCC)cc1C. The number of hydrogen-bond acceptors (Lipinski definition) is 0. The molecule has 0 saturated heterocycles. The highest BCUT2D eigenvalue weighted by Crippen LogP contribution is 2.23. The molecule has 0 amide bonds. The Bertz CT molecular complexity index is 400. The lowest BCUT2D eigenvalue weighted by Gasteiger charge is -2.10. The third kappa shape index (κ3) is 5.94. The van der Waals surface area contributed by atoms with E-state index in [0.29, 0.717) is 0 Å². The summed E-state index contributed by atoms with van der Waals surface area (Å²) in [6.07, 6.45) is 11.8. The van der Waals surface area contributed by atoms with Gasteiger partial charge in [0.25, 0.3) is 0 Å². The van der Waals surface area contributed by atoms with Crippen LogP contribution in [0.3, 0.4) is 0 Å². The summed E-state index contributed by atoms with van der Waals surface area (Å²) in [5.41, 5.74) is 5.53. The van der Waals surface area contributed by atoms with E-state index in [9.17, 15) is 0 Å². The van der Waals surface area contributed by atoms with Crippen LogP contribution < -0.4 is 0 Å². The van der Waals surface area contributed by atoms with Crippen LogP contribution in [0.25, 0.3) is 5.57 Å². The minimum Gasteiger partial charge on any atom is -0.0952 e. The molecule has 0 N–H and O–H groups in total. The minimum atomic E-state index is 1.11. The van der Waals surface area contributed by atoms with E-state index in [0.717, 1.165) is 6.42 Å². The van der Waals surface area contributed by atoms with Gasteiger partial charge in [-0.05, 0) is 48.4 Å². The number of allylic oxidation sites excluding steroid dienone is 1. The summed E-state index contributed by atoms with van der Waals surface area (Å²) >= 11 is 0. The molecule has 0 unspecified atom stereocenters. The number of aryl methyl sites for hydroxylation is 2. The summed E-state index contributed by atoms with van der Waals surface area (Å²) in [6, 6.07) is 6.94. The Hall–Kier alpha value is -1.04. The lowest BCUT2D eigenvalue weighted by molar-refractivity contribution is 0.607. The summed E-state index contributed by atoms with van der Waals surface area (Å²) < 4.78 is 0. The molecular formula is C20H32. The summed E-state index contributed by atoms with van der Waals surface area (Å²) in [5.74, 6) is 0. The Morgan fingerprint density at radius 1 is 0.950 bits per heavy atom. The van der Waals surface area contributed by atoms with Gasteiger partial charge in [-0.3, -0.25) is 0 Å². The molecule has 1 aromatic carbocycles. The lowest BCUT2D eigenvalue weighted by Crippen LogP contribution is -1.92. The third-order valence-corrected chi connectivity index (χ3v) is 4.04. The molecule has 0 radical (unpaired) electrons. The van der Waals surface area contributed by atoms with Crippen molar-refractivity contribution in [1.82, 2.24) is 0 Å². The summed E-state index contributed by atoms with van der Waals surface area (Å²) in [5, 5.41) is 0. The smallest absolute Gasteiger partial charge is 0.0201 e. The first kappa shape index (κ1) is 17.0. The highest BCUT2D eigenvalue weighted by Gasteiger charge is 2.03. The molecule has 0 atom stereocenters. The van der Waals surface area contributed by atoms with Crippen molar-refractivity contribution in [3.05, 3.63) is 41.5 Å². The van der Waals surface area contributed by atoms with E-state index in [1.807, 2.05) is 0 Å². The van der Waals surface area contributed by atoms with Gasteiger partial charge in [-0.1, -0.05) is 77.2 Å². The fourth-order valence-electron chi connectivity index (χ4n) is 2.82. The average Bonchev–Trinajstić information content (AvgIpc) is 2.43. The molecule has 0 aliphatic carbocycles. The Morgan fingerprint density at radius 2 is 1.65 bits per heavy atom. The van der Waals surface area contributed by atoms with E-state index in [1.54, 1.807) is 0 Å². The van der Waals surface area contributed by atoms with E-state index < -0.39 is 0 Å². The molecule has 1 rings (SSSR count). The Kier molecular flexibility index (Phi) is 8.34. The molecule has 20 heavy (non-hydrogen) atoms. The van der Waals surface area contributed by atoms with Crippen LogP contribution in [-0.2, 0) is 6.42 Å². The predicted molar refractivity (Wildman–Crippen MR) is 92.2 cm³/mol. The monoisotopic (exact) mass is 272 g/mol. The average molecular weight is 272 g/mol. The first-order chi connectivity index (χ1) is 9.69. The first-order valence-electron chi connectivity index (χ1n) is 8.46. The standard InChI is InChI=1S/C20H32/c1-5-7-8-9-10-11-13-19-14-15-20(18(4)16-19)17(3)12-6-2/h14-16H,3,5-13H2,1-2,4H3. The van der Waals surface area contributed by atoms with Crippen LogP contribution in [0.5, 0.6) is 0 Å².